The Labute approximate surface area is 178 Å². The summed E-state index contributed by atoms with van der Waals surface area (Å²) in [4.78, 5) is 5.79. The lowest BCUT2D eigenvalue weighted by molar-refractivity contribution is -0.138. The van der Waals surface area contributed by atoms with Crippen molar-refractivity contribution >= 4 is 11.4 Å². The fourth-order valence-electron chi connectivity index (χ4n) is 3.92. The van der Waals surface area contributed by atoms with Gasteiger partial charge in [-0.2, -0.15) is 18.4 Å². The predicted octanol–water partition coefficient (Wildman–Crippen LogP) is 6.00. The van der Waals surface area contributed by atoms with Gasteiger partial charge < -0.3 is 9.42 Å². The molecule has 31 heavy (non-hydrogen) atoms. The number of rotatable bonds is 4. The van der Waals surface area contributed by atoms with E-state index < -0.39 is 17.2 Å². The topological polar surface area (TPSA) is 66.0 Å². The van der Waals surface area contributed by atoms with Crippen molar-refractivity contribution in [1.29, 1.82) is 5.26 Å². The Morgan fingerprint density at radius 3 is 2.42 bits per heavy atom. The number of anilines is 2. The van der Waals surface area contributed by atoms with Gasteiger partial charge in [0, 0.05) is 18.3 Å². The second kappa shape index (κ2) is 7.12. The van der Waals surface area contributed by atoms with Crippen LogP contribution in [0.1, 0.15) is 41.1 Å². The van der Waals surface area contributed by atoms with Crippen LogP contribution in [0.2, 0.25) is 0 Å². The highest BCUT2D eigenvalue weighted by atomic mass is 19.4. The van der Waals surface area contributed by atoms with Crippen molar-refractivity contribution in [3.63, 3.8) is 0 Å². The van der Waals surface area contributed by atoms with Crippen LogP contribution in [-0.2, 0) is 11.6 Å². The molecule has 2 heterocycles. The average molecular weight is 426 g/mol. The number of hydrogen-bond donors (Lipinski definition) is 0. The zero-order chi connectivity index (χ0) is 22.6. The van der Waals surface area contributed by atoms with E-state index in [9.17, 15) is 18.4 Å². The molecule has 0 atom stereocenters. The second-order valence-corrected chi connectivity index (χ2v) is 8.04. The summed E-state index contributed by atoms with van der Waals surface area (Å²) in [5.41, 5.74) is 2.25. The van der Waals surface area contributed by atoms with Gasteiger partial charge in [0.05, 0.1) is 34.9 Å². The largest absolute Gasteiger partial charge is 0.418 e. The summed E-state index contributed by atoms with van der Waals surface area (Å²) in [5, 5.41) is 13.4. The Balaban J connectivity index is 1.79. The molecule has 5 nitrogen and oxygen atoms in total. The van der Waals surface area contributed by atoms with Crippen LogP contribution < -0.4 is 4.90 Å². The maximum atomic E-state index is 13.8. The first-order valence-electron chi connectivity index (χ1n) is 9.84. The van der Waals surface area contributed by atoms with Crippen molar-refractivity contribution in [3.8, 4) is 17.2 Å². The third-order valence-corrected chi connectivity index (χ3v) is 5.88. The maximum Gasteiger partial charge on any atom is 0.418 e. The summed E-state index contributed by atoms with van der Waals surface area (Å²) in [5.74, 6) is 0.673. The average Bonchev–Trinajstić information content (AvgIpc) is 3.46. The van der Waals surface area contributed by atoms with Crippen LogP contribution in [0.15, 0.2) is 35.0 Å². The molecule has 0 amide bonds. The van der Waals surface area contributed by atoms with Crippen molar-refractivity contribution in [1.82, 2.24) is 10.1 Å². The van der Waals surface area contributed by atoms with Gasteiger partial charge in [-0.15, -0.1) is 0 Å². The number of benzene rings is 1. The van der Waals surface area contributed by atoms with Gasteiger partial charge in [-0.05, 0) is 56.9 Å². The molecule has 4 rings (SSSR count). The lowest BCUT2D eigenvalue weighted by Crippen LogP contribution is -2.19. The number of hydrogen-bond acceptors (Lipinski definition) is 5. The quantitative estimate of drug-likeness (QED) is 0.512. The standard InChI is InChI=1S/C23H21F3N4O/c1-13-5-6-16(20-14(2)29-31-15(20)3)9-19(13)30(4)17-10-18(23(24,25)26)21(28-11-17)22(12-27)7-8-22/h5-6,9-11H,7-8H2,1-4H3. The van der Waals surface area contributed by atoms with Crippen molar-refractivity contribution in [2.75, 3.05) is 11.9 Å². The van der Waals surface area contributed by atoms with Crippen molar-refractivity contribution in [3.05, 3.63) is 58.7 Å². The molecule has 1 fully saturated rings. The summed E-state index contributed by atoms with van der Waals surface area (Å²) in [6.45, 7) is 5.56. The first-order chi connectivity index (χ1) is 14.6. The molecular formula is C23H21F3N4O. The zero-order valence-corrected chi connectivity index (χ0v) is 17.6. The summed E-state index contributed by atoms with van der Waals surface area (Å²) in [7, 11) is 1.70. The fourth-order valence-corrected chi connectivity index (χ4v) is 3.92. The highest BCUT2D eigenvalue weighted by Crippen LogP contribution is 2.51. The third kappa shape index (κ3) is 3.54. The molecule has 0 spiro atoms. The smallest absolute Gasteiger partial charge is 0.361 e. The Hall–Kier alpha value is -3.34. The number of halogens is 3. The number of nitriles is 1. The van der Waals surface area contributed by atoms with E-state index in [4.69, 9.17) is 4.52 Å². The molecule has 0 saturated heterocycles. The van der Waals surface area contributed by atoms with E-state index in [0.717, 1.165) is 34.1 Å². The summed E-state index contributed by atoms with van der Waals surface area (Å²) < 4.78 is 46.7. The molecular weight excluding hydrogens is 405 g/mol. The minimum absolute atomic E-state index is 0.180. The number of aromatic nitrogens is 2. The highest BCUT2D eigenvalue weighted by Gasteiger charge is 2.51. The molecule has 1 saturated carbocycles. The first kappa shape index (κ1) is 20.9. The molecule has 3 aromatic rings. The van der Waals surface area contributed by atoms with E-state index in [-0.39, 0.29) is 5.69 Å². The van der Waals surface area contributed by atoms with Gasteiger partial charge in [0.1, 0.15) is 11.2 Å². The van der Waals surface area contributed by atoms with Gasteiger partial charge in [-0.25, -0.2) is 0 Å². The van der Waals surface area contributed by atoms with E-state index in [1.54, 1.807) is 11.9 Å². The SMILES string of the molecule is Cc1ccc(-c2c(C)noc2C)cc1N(C)c1cnc(C2(C#N)CC2)c(C(F)(F)F)c1. The number of aryl methyl sites for hydroxylation is 3. The van der Waals surface area contributed by atoms with E-state index >= 15 is 0 Å². The molecule has 0 unspecified atom stereocenters. The van der Waals surface area contributed by atoms with E-state index in [1.165, 1.54) is 6.20 Å². The number of alkyl halides is 3. The van der Waals surface area contributed by atoms with Crippen LogP contribution in [0.3, 0.4) is 0 Å². The number of pyridine rings is 1. The lowest BCUT2D eigenvalue weighted by atomic mass is 9.97. The molecule has 1 aliphatic rings. The van der Waals surface area contributed by atoms with E-state index in [2.05, 4.69) is 10.1 Å². The van der Waals surface area contributed by atoms with Gasteiger partial charge in [-0.1, -0.05) is 17.3 Å². The molecule has 8 heteroatoms. The molecule has 160 valence electrons. The van der Waals surface area contributed by atoms with Crippen LogP contribution >= 0.6 is 0 Å². The maximum absolute atomic E-state index is 13.8. The molecule has 2 aromatic heterocycles. The fraction of sp³-hybridized carbons (Fsp3) is 0.348. The molecule has 0 bridgehead atoms. The zero-order valence-electron chi connectivity index (χ0n) is 17.6. The highest BCUT2D eigenvalue weighted by molar-refractivity contribution is 5.76. The second-order valence-electron chi connectivity index (χ2n) is 8.04. The van der Waals surface area contributed by atoms with Crippen LogP contribution in [0, 0.1) is 32.1 Å². The molecule has 0 radical (unpaired) electrons. The predicted molar refractivity (Wildman–Crippen MR) is 110 cm³/mol. The Morgan fingerprint density at radius 1 is 1.16 bits per heavy atom. The Bertz CT molecular complexity index is 1180. The van der Waals surface area contributed by atoms with Gasteiger partial charge in [0.25, 0.3) is 0 Å². The third-order valence-electron chi connectivity index (χ3n) is 5.88. The van der Waals surface area contributed by atoms with Gasteiger partial charge >= 0.3 is 6.18 Å². The summed E-state index contributed by atoms with van der Waals surface area (Å²) >= 11 is 0. The Morgan fingerprint density at radius 2 is 1.87 bits per heavy atom. The van der Waals surface area contributed by atoms with Crippen LogP contribution in [0.4, 0.5) is 24.5 Å². The molecule has 0 aliphatic heterocycles. The summed E-state index contributed by atoms with van der Waals surface area (Å²) in [6, 6.07) is 8.85. The first-order valence-corrected chi connectivity index (χ1v) is 9.84. The van der Waals surface area contributed by atoms with Gasteiger partial charge in [0.2, 0.25) is 0 Å². The molecule has 1 aromatic carbocycles. The van der Waals surface area contributed by atoms with Crippen molar-refractivity contribution < 1.29 is 17.7 Å². The van der Waals surface area contributed by atoms with E-state index in [1.807, 2.05) is 45.0 Å². The van der Waals surface area contributed by atoms with E-state index in [0.29, 0.717) is 24.3 Å². The number of nitrogens with zero attached hydrogens (tertiary/aromatic N) is 4. The van der Waals surface area contributed by atoms with Crippen LogP contribution in [0.25, 0.3) is 11.1 Å². The lowest BCUT2D eigenvalue weighted by Gasteiger charge is -2.24. The minimum Gasteiger partial charge on any atom is -0.361 e. The minimum atomic E-state index is -4.60. The normalized spacial score (nSPS) is 14.9. The molecule has 1 aliphatic carbocycles. The summed E-state index contributed by atoms with van der Waals surface area (Å²) in [6.07, 6.45) is -2.40. The molecule has 0 N–H and O–H groups in total. The van der Waals surface area contributed by atoms with Gasteiger partial charge in [0.15, 0.2) is 0 Å². The Kier molecular flexibility index (Phi) is 4.80. The van der Waals surface area contributed by atoms with Crippen LogP contribution in [-0.4, -0.2) is 17.2 Å². The monoisotopic (exact) mass is 426 g/mol. The van der Waals surface area contributed by atoms with Crippen molar-refractivity contribution in [2.45, 2.75) is 45.2 Å². The van der Waals surface area contributed by atoms with Crippen molar-refractivity contribution in [2.24, 2.45) is 0 Å². The van der Waals surface area contributed by atoms with Gasteiger partial charge in [-0.3, -0.25) is 4.98 Å². The van der Waals surface area contributed by atoms with Crippen LogP contribution in [0.5, 0.6) is 0 Å².